The molecule has 0 bridgehead atoms. The molecule has 0 spiro atoms. The number of carbonyl (C=O) groups excluding carboxylic acids is 1. The van der Waals surface area contributed by atoms with Crippen molar-refractivity contribution in [3.63, 3.8) is 0 Å². The molecule has 4 aromatic rings. The van der Waals surface area contributed by atoms with E-state index in [1.165, 1.54) is 16.5 Å². The van der Waals surface area contributed by atoms with Gasteiger partial charge in [-0.05, 0) is 29.3 Å². The van der Waals surface area contributed by atoms with E-state index in [0.717, 1.165) is 11.3 Å². The Morgan fingerprint density at radius 2 is 1.59 bits per heavy atom. The molecule has 4 nitrogen and oxygen atoms in total. The maximum atomic E-state index is 12.4. The number of aromatic nitrogens is 1. The van der Waals surface area contributed by atoms with Crippen molar-refractivity contribution in [2.45, 2.75) is 12.3 Å². The average molecular weight is 384 g/mol. The fraction of sp³-hybridized carbons (Fsp3) is 0.160. The van der Waals surface area contributed by atoms with Crippen LogP contribution in [0.4, 0.5) is 0 Å². The van der Waals surface area contributed by atoms with E-state index in [2.05, 4.69) is 34.6 Å². The third-order valence-electron chi connectivity index (χ3n) is 5.04. The molecule has 4 rings (SSSR count). The lowest BCUT2D eigenvalue weighted by atomic mass is 9.91. The topological polar surface area (TPSA) is 54.1 Å². The Morgan fingerprint density at radius 1 is 0.897 bits per heavy atom. The van der Waals surface area contributed by atoms with E-state index in [4.69, 9.17) is 4.74 Å². The minimum atomic E-state index is -0.0123. The fourth-order valence-corrected chi connectivity index (χ4v) is 3.56. The van der Waals surface area contributed by atoms with Crippen LogP contribution in [-0.2, 0) is 4.79 Å². The van der Waals surface area contributed by atoms with Crippen LogP contribution < -0.4 is 10.1 Å². The minimum Gasteiger partial charge on any atom is -0.493 e. The number of amides is 1. The van der Waals surface area contributed by atoms with Crippen molar-refractivity contribution in [1.29, 1.82) is 0 Å². The van der Waals surface area contributed by atoms with Crippen molar-refractivity contribution in [3.8, 4) is 5.75 Å². The highest BCUT2D eigenvalue weighted by Gasteiger charge is 2.18. The Hall–Kier alpha value is -3.53. The molecule has 0 saturated carbocycles. The zero-order chi connectivity index (χ0) is 19.9. The smallest absolute Gasteiger partial charge is 0.223 e. The Morgan fingerprint density at radius 3 is 2.38 bits per heavy atom. The first-order valence-corrected chi connectivity index (χ1v) is 9.87. The van der Waals surface area contributed by atoms with Gasteiger partial charge in [0, 0.05) is 29.6 Å². The number of hydrogen-bond donors (Lipinski definition) is 2. The Kier molecular flexibility index (Phi) is 5.91. The first kappa shape index (κ1) is 18.8. The van der Waals surface area contributed by atoms with Gasteiger partial charge in [0.2, 0.25) is 5.91 Å². The van der Waals surface area contributed by atoms with Gasteiger partial charge in [-0.15, -0.1) is 0 Å². The molecule has 4 heteroatoms. The highest BCUT2D eigenvalue weighted by molar-refractivity contribution is 5.84. The highest BCUT2D eigenvalue weighted by Crippen LogP contribution is 2.30. The SMILES string of the molecule is O=C(CCOc1ccccc1)NCC(c1ccccc1)c1c[nH]c2ccccc12. The van der Waals surface area contributed by atoms with E-state index < -0.39 is 0 Å². The molecule has 0 aliphatic carbocycles. The predicted molar refractivity (Wildman–Crippen MR) is 116 cm³/mol. The molecule has 1 unspecified atom stereocenters. The van der Waals surface area contributed by atoms with Crippen molar-refractivity contribution in [2.75, 3.05) is 13.2 Å². The van der Waals surface area contributed by atoms with Gasteiger partial charge >= 0.3 is 0 Å². The predicted octanol–water partition coefficient (Wildman–Crippen LogP) is 4.89. The highest BCUT2D eigenvalue weighted by atomic mass is 16.5. The van der Waals surface area contributed by atoms with Gasteiger partial charge in [0.1, 0.15) is 5.75 Å². The average Bonchev–Trinajstić information content (AvgIpc) is 3.19. The second-order valence-corrected chi connectivity index (χ2v) is 6.97. The van der Waals surface area contributed by atoms with Crippen molar-refractivity contribution < 1.29 is 9.53 Å². The summed E-state index contributed by atoms with van der Waals surface area (Å²) in [6, 6.07) is 28.1. The molecule has 1 aromatic heterocycles. The standard InChI is InChI=1S/C25H24N2O2/c28-25(15-16-29-20-11-5-2-6-12-20)27-17-22(19-9-3-1-4-10-19)23-18-26-24-14-8-7-13-21(23)24/h1-14,18,22,26H,15-17H2,(H,27,28). The molecule has 146 valence electrons. The Bertz CT molecular complexity index is 1060. The van der Waals surface area contributed by atoms with Crippen LogP contribution in [0, 0.1) is 0 Å². The van der Waals surface area contributed by atoms with Gasteiger partial charge in [0.25, 0.3) is 0 Å². The number of ether oxygens (including phenoxy) is 1. The number of fused-ring (bicyclic) bond motifs is 1. The Balaban J connectivity index is 1.43. The van der Waals surface area contributed by atoms with Gasteiger partial charge in [0.15, 0.2) is 0 Å². The normalized spacial score (nSPS) is 11.9. The molecule has 0 radical (unpaired) electrons. The molecule has 0 aliphatic heterocycles. The second kappa shape index (κ2) is 9.11. The third-order valence-corrected chi connectivity index (χ3v) is 5.04. The number of rotatable bonds is 8. The van der Waals surface area contributed by atoms with Gasteiger partial charge in [0.05, 0.1) is 13.0 Å². The van der Waals surface area contributed by atoms with Crippen LogP contribution in [0.25, 0.3) is 10.9 Å². The molecular formula is C25H24N2O2. The summed E-state index contributed by atoms with van der Waals surface area (Å²) < 4.78 is 5.63. The monoisotopic (exact) mass is 384 g/mol. The molecule has 2 N–H and O–H groups in total. The summed E-state index contributed by atoms with van der Waals surface area (Å²) in [6.45, 7) is 0.898. The maximum Gasteiger partial charge on any atom is 0.223 e. The molecule has 0 saturated heterocycles. The van der Waals surface area contributed by atoms with Crippen LogP contribution in [0.15, 0.2) is 91.1 Å². The molecule has 0 fully saturated rings. The van der Waals surface area contributed by atoms with Gasteiger partial charge in [-0.25, -0.2) is 0 Å². The number of benzene rings is 3. The van der Waals surface area contributed by atoms with E-state index in [-0.39, 0.29) is 11.8 Å². The van der Waals surface area contributed by atoms with Crippen molar-refractivity contribution in [2.24, 2.45) is 0 Å². The molecule has 1 heterocycles. The van der Waals surface area contributed by atoms with E-state index in [1.54, 1.807) is 0 Å². The summed E-state index contributed by atoms with van der Waals surface area (Å²) in [5.74, 6) is 0.842. The van der Waals surface area contributed by atoms with E-state index in [1.807, 2.05) is 66.9 Å². The summed E-state index contributed by atoms with van der Waals surface area (Å²) >= 11 is 0. The van der Waals surface area contributed by atoms with E-state index in [0.29, 0.717) is 19.6 Å². The molecular weight excluding hydrogens is 360 g/mol. The van der Waals surface area contributed by atoms with Crippen molar-refractivity contribution in [3.05, 3.63) is 102 Å². The zero-order valence-corrected chi connectivity index (χ0v) is 16.2. The lowest BCUT2D eigenvalue weighted by Crippen LogP contribution is -2.29. The van der Waals surface area contributed by atoms with Crippen LogP contribution in [0.2, 0.25) is 0 Å². The van der Waals surface area contributed by atoms with Crippen LogP contribution in [0.5, 0.6) is 5.75 Å². The van der Waals surface area contributed by atoms with Crippen molar-refractivity contribution >= 4 is 16.8 Å². The van der Waals surface area contributed by atoms with Crippen LogP contribution in [-0.4, -0.2) is 24.0 Å². The minimum absolute atomic E-state index is 0.0123. The molecule has 1 atom stereocenters. The summed E-state index contributed by atoms with van der Waals surface area (Å²) in [6.07, 6.45) is 2.37. The number of para-hydroxylation sites is 2. The van der Waals surface area contributed by atoms with Crippen LogP contribution in [0.3, 0.4) is 0 Å². The zero-order valence-electron chi connectivity index (χ0n) is 16.2. The molecule has 0 aliphatic rings. The number of nitrogens with one attached hydrogen (secondary N) is 2. The lowest BCUT2D eigenvalue weighted by Gasteiger charge is -2.18. The van der Waals surface area contributed by atoms with Gasteiger partial charge in [-0.3, -0.25) is 4.79 Å². The third kappa shape index (κ3) is 4.66. The summed E-state index contributed by atoms with van der Waals surface area (Å²) in [5, 5.41) is 4.27. The van der Waals surface area contributed by atoms with Crippen molar-refractivity contribution in [1.82, 2.24) is 10.3 Å². The molecule has 29 heavy (non-hydrogen) atoms. The quantitative estimate of drug-likeness (QED) is 0.455. The molecule has 1 amide bonds. The first-order chi connectivity index (χ1) is 14.3. The Labute approximate surface area is 170 Å². The summed E-state index contributed by atoms with van der Waals surface area (Å²) in [7, 11) is 0. The summed E-state index contributed by atoms with van der Waals surface area (Å²) in [5.41, 5.74) is 3.47. The van der Waals surface area contributed by atoms with Gasteiger partial charge in [-0.1, -0.05) is 66.7 Å². The maximum absolute atomic E-state index is 12.4. The number of carbonyl (C=O) groups is 1. The first-order valence-electron chi connectivity index (χ1n) is 9.87. The van der Waals surface area contributed by atoms with Crippen LogP contribution in [0.1, 0.15) is 23.5 Å². The second-order valence-electron chi connectivity index (χ2n) is 6.97. The van der Waals surface area contributed by atoms with Gasteiger partial charge in [-0.2, -0.15) is 0 Å². The fourth-order valence-electron chi connectivity index (χ4n) is 3.56. The summed E-state index contributed by atoms with van der Waals surface area (Å²) in [4.78, 5) is 15.7. The number of hydrogen-bond acceptors (Lipinski definition) is 2. The number of aromatic amines is 1. The van der Waals surface area contributed by atoms with E-state index >= 15 is 0 Å². The molecule has 3 aromatic carbocycles. The number of H-pyrrole nitrogens is 1. The lowest BCUT2D eigenvalue weighted by molar-refractivity contribution is -0.121. The van der Waals surface area contributed by atoms with Crippen LogP contribution >= 0.6 is 0 Å². The largest absolute Gasteiger partial charge is 0.493 e. The van der Waals surface area contributed by atoms with E-state index in [9.17, 15) is 4.79 Å². The van der Waals surface area contributed by atoms with Gasteiger partial charge < -0.3 is 15.0 Å².